The summed E-state index contributed by atoms with van der Waals surface area (Å²) in [6, 6.07) is 0. The van der Waals surface area contributed by atoms with E-state index in [1.165, 1.54) is 0 Å². The third-order valence-corrected chi connectivity index (χ3v) is 2.28. The second kappa shape index (κ2) is 4.81. The topological polar surface area (TPSA) is 29.5 Å². The molecule has 0 atom stereocenters. The lowest BCUT2D eigenvalue weighted by Crippen LogP contribution is -2.41. The molecule has 14 heavy (non-hydrogen) atoms. The van der Waals surface area contributed by atoms with Crippen molar-refractivity contribution in [3.63, 3.8) is 0 Å². The first kappa shape index (κ1) is 11.5. The van der Waals surface area contributed by atoms with Gasteiger partial charge in [-0.25, -0.2) is 0 Å². The highest BCUT2D eigenvalue weighted by molar-refractivity contribution is 9.12. The lowest BCUT2D eigenvalue weighted by Gasteiger charge is -2.27. The van der Waals surface area contributed by atoms with Crippen LogP contribution in [0.4, 0.5) is 0 Å². The molecule has 0 unspecified atom stereocenters. The highest BCUT2D eigenvalue weighted by Crippen LogP contribution is 2.16. The van der Waals surface area contributed by atoms with Crippen molar-refractivity contribution < 1.29 is 9.53 Å². The zero-order valence-electron chi connectivity index (χ0n) is 8.47. The first-order chi connectivity index (χ1) is 6.55. The van der Waals surface area contributed by atoms with Gasteiger partial charge in [-0.05, 0) is 25.1 Å². The minimum Gasteiger partial charge on any atom is -0.374 e. The van der Waals surface area contributed by atoms with Gasteiger partial charge in [0, 0.05) is 35.0 Å². The summed E-state index contributed by atoms with van der Waals surface area (Å²) >= 11 is 2.92. The van der Waals surface area contributed by atoms with Crippen molar-refractivity contribution in [2.24, 2.45) is 0 Å². The smallest absolute Gasteiger partial charge is 0.299 e. The molecule has 1 heterocycles. The maximum absolute atomic E-state index is 11.5. The molecule has 1 amide bonds. The quantitative estimate of drug-likeness (QED) is 0.616. The third-order valence-electron chi connectivity index (χ3n) is 2.08. The summed E-state index contributed by atoms with van der Waals surface area (Å²) in [6.07, 6.45) is 0.874. The minimum absolute atomic E-state index is 0.138. The Kier molecular flexibility index (Phi) is 3.97. The highest BCUT2D eigenvalue weighted by Gasteiger charge is 2.27. The van der Waals surface area contributed by atoms with Gasteiger partial charge in [-0.2, -0.15) is 0 Å². The molecule has 0 saturated carbocycles. The second-order valence-corrected chi connectivity index (χ2v) is 4.30. The molecule has 3 nitrogen and oxygen atoms in total. The van der Waals surface area contributed by atoms with Gasteiger partial charge < -0.3 is 9.64 Å². The summed E-state index contributed by atoms with van der Waals surface area (Å²) in [5, 5.41) is 0. The van der Waals surface area contributed by atoms with Crippen molar-refractivity contribution in [3.05, 3.63) is 0 Å². The van der Waals surface area contributed by atoms with Crippen LogP contribution in [0, 0.1) is 10.8 Å². The first-order valence-electron chi connectivity index (χ1n) is 4.60. The number of hydrogen-bond acceptors (Lipinski definition) is 2. The molecular weight excluding hydrogens is 246 g/mol. The predicted molar refractivity (Wildman–Crippen MR) is 57.9 cm³/mol. The summed E-state index contributed by atoms with van der Waals surface area (Å²) in [5.41, 5.74) is -0.264. The van der Waals surface area contributed by atoms with E-state index in [-0.39, 0.29) is 11.5 Å². The van der Waals surface area contributed by atoms with Gasteiger partial charge in [0.2, 0.25) is 0 Å². The van der Waals surface area contributed by atoms with E-state index in [4.69, 9.17) is 4.74 Å². The maximum atomic E-state index is 11.5. The highest BCUT2D eigenvalue weighted by atomic mass is 79.9. The molecule has 4 heteroatoms. The fraction of sp³-hybridized carbons (Fsp3) is 0.700. The average molecular weight is 260 g/mol. The second-order valence-electron chi connectivity index (χ2n) is 3.91. The van der Waals surface area contributed by atoms with Crippen LogP contribution >= 0.6 is 15.9 Å². The molecule has 0 radical (unpaired) electrons. The van der Waals surface area contributed by atoms with Crippen LogP contribution in [-0.4, -0.2) is 36.1 Å². The van der Waals surface area contributed by atoms with Crippen molar-refractivity contribution in [1.29, 1.82) is 0 Å². The van der Waals surface area contributed by atoms with Crippen LogP contribution in [-0.2, 0) is 9.53 Å². The monoisotopic (exact) mass is 259 g/mol. The Hall–Kier alpha value is -0.530. The van der Waals surface area contributed by atoms with Crippen molar-refractivity contribution in [2.75, 3.05) is 19.7 Å². The van der Waals surface area contributed by atoms with Gasteiger partial charge in [-0.3, -0.25) is 4.79 Å². The minimum atomic E-state index is -0.264. The molecule has 0 N–H and O–H groups in total. The normalized spacial score (nSPS) is 20.6. The number of hydrogen-bond donors (Lipinski definition) is 0. The van der Waals surface area contributed by atoms with Crippen LogP contribution < -0.4 is 0 Å². The standard InChI is InChI=1S/C10H14BrNO2/c1-10(2)8-12(6-3-7-14-10)9(13)4-5-11/h3,6-8H2,1-2H3. The van der Waals surface area contributed by atoms with E-state index in [0.29, 0.717) is 13.2 Å². The summed E-state index contributed by atoms with van der Waals surface area (Å²) in [6.45, 7) is 6.01. The van der Waals surface area contributed by atoms with E-state index >= 15 is 0 Å². The Morgan fingerprint density at radius 2 is 2.29 bits per heavy atom. The molecule has 0 aromatic carbocycles. The molecule has 0 aromatic heterocycles. The van der Waals surface area contributed by atoms with E-state index < -0.39 is 0 Å². The number of nitrogens with zero attached hydrogens (tertiary/aromatic N) is 1. The number of halogens is 1. The summed E-state index contributed by atoms with van der Waals surface area (Å²) in [4.78, 5) is 15.7. The van der Waals surface area contributed by atoms with Crippen LogP contribution in [0.2, 0.25) is 0 Å². The molecule has 1 saturated heterocycles. The Bertz CT molecular complexity index is 278. The molecule has 0 aromatic rings. The van der Waals surface area contributed by atoms with Crippen LogP contribution in [0.1, 0.15) is 20.3 Å². The molecule has 0 spiro atoms. The fourth-order valence-corrected chi connectivity index (χ4v) is 1.65. The third kappa shape index (κ3) is 3.32. The average Bonchev–Trinajstić information content (AvgIpc) is 2.27. The van der Waals surface area contributed by atoms with E-state index in [0.717, 1.165) is 13.0 Å². The van der Waals surface area contributed by atoms with E-state index in [2.05, 4.69) is 26.7 Å². The van der Waals surface area contributed by atoms with Gasteiger partial charge in [0.1, 0.15) is 0 Å². The van der Waals surface area contributed by atoms with E-state index in [9.17, 15) is 4.79 Å². The van der Waals surface area contributed by atoms with Gasteiger partial charge in [-0.15, -0.1) is 0 Å². The molecule has 1 aliphatic rings. The van der Waals surface area contributed by atoms with Crippen LogP contribution in [0.15, 0.2) is 0 Å². The summed E-state index contributed by atoms with van der Waals surface area (Å²) < 4.78 is 5.60. The maximum Gasteiger partial charge on any atom is 0.299 e. The van der Waals surface area contributed by atoms with Crippen molar-refractivity contribution in [1.82, 2.24) is 4.90 Å². The predicted octanol–water partition coefficient (Wildman–Crippen LogP) is 1.37. The van der Waals surface area contributed by atoms with Gasteiger partial charge >= 0.3 is 0 Å². The summed E-state index contributed by atoms with van der Waals surface area (Å²) in [7, 11) is 0. The Morgan fingerprint density at radius 3 is 2.93 bits per heavy atom. The van der Waals surface area contributed by atoms with Gasteiger partial charge in [-0.1, -0.05) is 0 Å². The van der Waals surface area contributed by atoms with E-state index in [1.807, 2.05) is 13.8 Å². The number of carbonyl (C=O) groups is 1. The van der Waals surface area contributed by atoms with Gasteiger partial charge in [0.25, 0.3) is 5.91 Å². The van der Waals surface area contributed by atoms with Crippen LogP contribution in [0.25, 0.3) is 0 Å². The van der Waals surface area contributed by atoms with Crippen molar-refractivity contribution >= 4 is 21.8 Å². The molecule has 0 bridgehead atoms. The number of amides is 1. The van der Waals surface area contributed by atoms with E-state index in [1.54, 1.807) is 4.90 Å². The lowest BCUT2D eigenvalue weighted by molar-refractivity contribution is -0.127. The lowest BCUT2D eigenvalue weighted by atomic mass is 10.1. The Morgan fingerprint density at radius 1 is 1.57 bits per heavy atom. The van der Waals surface area contributed by atoms with Gasteiger partial charge in [0.05, 0.1) is 12.1 Å². The molecule has 1 rings (SSSR count). The van der Waals surface area contributed by atoms with Crippen molar-refractivity contribution in [2.45, 2.75) is 25.9 Å². The Labute approximate surface area is 92.9 Å². The molecule has 1 fully saturated rings. The van der Waals surface area contributed by atoms with Crippen LogP contribution in [0.5, 0.6) is 0 Å². The Balaban J connectivity index is 2.67. The zero-order chi connectivity index (χ0) is 10.6. The molecule has 1 aliphatic heterocycles. The number of ether oxygens (including phenoxy) is 1. The zero-order valence-corrected chi connectivity index (χ0v) is 10.1. The first-order valence-corrected chi connectivity index (χ1v) is 5.39. The molecule has 0 aliphatic carbocycles. The van der Waals surface area contributed by atoms with Crippen molar-refractivity contribution in [3.8, 4) is 10.8 Å². The largest absolute Gasteiger partial charge is 0.374 e. The molecular formula is C10H14BrNO2. The SMILES string of the molecule is CC1(C)CN(C(=O)C#CBr)CCCO1. The fourth-order valence-electron chi connectivity index (χ4n) is 1.48. The number of rotatable bonds is 0. The van der Waals surface area contributed by atoms with Gasteiger partial charge in [0.15, 0.2) is 0 Å². The van der Waals surface area contributed by atoms with Crippen LogP contribution in [0.3, 0.4) is 0 Å². The summed E-state index contributed by atoms with van der Waals surface area (Å²) in [5.74, 6) is 2.34. The number of carbonyl (C=O) groups excluding carboxylic acids is 1. The molecule has 78 valence electrons.